The summed E-state index contributed by atoms with van der Waals surface area (Å²) in [5, 5.41) is 12.1. The molecule has 0 bridgehead atoms. The monoisotopic (exact) mass is 372 g/mol. The largest absolute Gasteiger partial charge is 0.586 e. The van der Waals surface area contributed by atoms with E-state index in [0.29, 0.717) is 26.2 Å². The second kappa shape index (κ2) is 6.91. The van der Waals surface area contributed by atoms with Gasteiger partial charge in [0.1, 0.15) is 12.6 Å². The van der Waals surface area contributed by atoms with E-state index >= 15 is 0 Å². The van der Waals surface area contributed by atoms with E-state index in [-0.39, 0.29) is 29.5 Å². The van der Waals surface area contributed by atoms with Crippen molar-refractivity contribution in [3.05, 3.63) is 23.8 Å². The van der Waals surface area contributed by atoms with Crippen molar-refractivity contribution in [3.8, 4) is 11.5 Å². The highest BCUT2D eigenvalue weighted by Gasteiger charge is 2.47. The lowest BCUT2D eigenvalue weighted by atomic mass is 9.97. The number of hydrogen-bond acceptors (Lipinski definition) is 5. The maximum Gasteiger partial charge on any atom is 0.586 e. The van der Waals surface area contributed by atoms with E-state index in [1.807, 2.05) is 0 Å². The minimum Gasteiger partial charge on any atom is -0.395 e. The zero-order valence-corrected chi connectivity index (χ0v) is 13.3. The van der Waals surface area contributed by atoms with Crippen molar-refractivity contribution >= 4 is 12.4 Å². The summed E-state index contributed by atoms with van der Waals surface area (Å²) in [5.41, 5.74) is 0.0889. The number of hydrogen-bond donors (Lipinski definition) is 2. The van der Waals surface area contributed by atoms with E-state index in [0.717, 1.165) is 6.07 Å². The Morgan fingerprint density at radius 3 is 2.46 bits per heavy atom. The number of aliphatic hydroxyl groups is 1. The lowest BCUT2D eigenvalue weighted by molar-refractivity contribution is -0.286. The van der Waals surface area contributed by atoms with Crippen molar-refractivity contribution in [1.82, 2.24) is 10.2 Å². The lowest BCUT2D eigenvalue weighted by Gasteiger charge is -2.38. The summed E-state index contributed by atoms with van der Waals surface area (Å²) in [6, 6.07) is 2.15. The van der Waals surface area contributed by atoms with Crippen LogP contribution in [0.15, 0.2) is 18.2 Å². The van der Waals surface area contributed by atoms with Gasteiger partial charge >= 0.3 is 6.29 Å². The number of nitrogens with one attached hydrogen (secondary N) is 1. The number of halogens is 5. The fourth-order valence-electron chi connectivity index (χ4n) is 2.88. The van der Waals surface area contributed by atoms with Crippen LogP contribution in [-0.4, -0.2) is 55.0 Å². The number of piperazine rings is 1. The van der Waals surface area contributed by atoms with Crippen molar-refractivity contribution in [2.75, 3.05) is 32.8 Å². The molecule has 2 aliphatic rings. The van der Waals surface area contributed by atoms with Crippen molar-refractivity contribution in [1.29, 1.82) is 0 Å². The molecule has 5 nitrogen and oxygen atoms in total. The molecule has 1 aromatic rings. The van der Waals surface area contributed by atoms with Crippen LogP contribution in [0.5, 0.6) is 11.5 Å². The predicted octanol–water partition coefficient (Wildman–Crippen LogP) is 2.00. The Balaban J connectivity index is 0.00000208. The molecule has 0 aliphatic carbocycles. The van der Waals surface area contributed by atoms with Crippen molar-refractivity contribution in [2.45, 2.75) is 18.3 Å². The molecule has 1 atom stereocenters. The Kier molecular flexibility index (Phi) is 5.48. The molecule has 10 heteroatoms. The van der Waals surface area contributed by atoms with Gasteiger partial charge in [0, 0.05) is 26.2 Å². The molecule has 136 valence electrons. The van der Waals surface area contributed by atoms with Crippen LogP contribution in [0.3, 0.4) is 0 Å². The molecule has 0 amide bonds. The Morgan fingerprint density at radius 2 is 1.83 bits per heavy atom. The SMILES string of the molecule is Cl.OCC(F)(F)[C@H](c1ccc2c(c1)OC(F)(F)O2)N1CCNCC1. The van der Waals surface area contributed by atoms with Gasteiger partial charge in [-0.25, -0.2) is 8.78 Å². The van der Waals surface area contributed by atoms with Gasteiger partial charge < -0.3 is 19.9 Å². The molecule has 0 spiro atoms. The van der Waals surface area contributed by atoms with E-state index in [1.165, 1.54) is 17.0 Å². The third kappa shape index (κ3) is 3.69. The quantitative estimate of drug-likeness (QED) is 0.792. The summed E-state index contributed by atoms with van der Waals surface area (Å²) in [6.45, 7) is 0.420. The fraction of sp³-hybridized carbons (Fsp3) is 0.571. The van der Waals surface area contributed by atoms with Crippen LogP contribution < -0.4 is 14.8 Å². The molecule has 2 heterocycles. The third-order valence-electron chi connectivity index (χ3n) is 3.87. The number of benzene rings is 1. The summed E-state index contributed by atoms with van der Waals surface area (Å²) < 4.78 is 63.3. The first-order valence-electron chi connectivity index (χ1n) is 7.16. The maximum absolute atomic E-state index is 14.3. The first-order chi connectivity index (χ1) is 10.8. The number of nitrogens with zero attached hydrogens (tertiary/aromatic N) is 1. The second-order valence-corrected chi connectivity index (χ2v) is 5.48. The van der Waals surface area contributed by atoms with E-state index in [9.17, 15) is 17.6 Å². The molecule has 2 aliphatic heterocycles. The summed E-state index contributed by atoms with van der Waals surface area (Å²) >= 11 is 0. The van der Waals surface area contributed by atoms with Crippen molar-refractivity contribution < 1.29 is 32.1 Å². The average Bonchev–Trinajstić information content (AvgIpc) is 2.81. The van der Waals surface area contributed by atoms with Gasteiger partial charge in [0.05, 0.1) is 0 Å². The van der Waals surface area contributed by atoms with Gasteiger partial charge in [-0.3, -0.25) is 4.90 Å². The number of ether oxygens (including phenoxy) is 2. The Bertz CT molecular complexity index is 585. The van der Waals surface area contributed by atoms with E-state index in [1.54, 1.807) is 0 Å². The van der Waals surface area contributed by atoms with Gasteiger partial charge in [-0.05, 0) is 17.7 Å². The Hall–Kier alpha value is -1.29. The molecule has 1 saturated heterocycles. The molecule has 0 unspecified atom stereocenters. The molecular formula is C14H17ClF4N2O3. The van der Waals surface area contributed by atoms with Gasteiger partial charge in [0.25, 0.3) is 5.92 Å². The van der Waals surface area contributed by atoms with Crippen LogP contribution in [-0.2, 0) is 0 Å². The summed E-state index contributed by atoms with van der Waals surface area (Å²) in [5.74, 6) is -3.92. The minimum atomic E-state index is -3.80. The third-order valence-corrected chi connectivity index (χ3v) is 3.87. The van der Waals surface area contributed by atoms with Crippen molar-refractivity contribution in [3.63, 3.8) is 0 Å². The highest BCUT2D eigenvalue weighted by atomic mass is 35.5. The molecule has 24 heavy (non-hydrogen) atoms. The zero-order chi connectivity index (χ0) is 16.7. The highest BCUT2D eigenvalue weighted by molar-refractivity contribution is 5.85. The van der Waals surface area contributed by atoms with Gasteiger partial charge in [0.15, 0.2) is 11.5 Å². The average molecular weight is 373 g/mol. The summed E-state index contributed by atoms with van der Waals surface area (Å²) in [4.78, 5) is 1.52. The molecule has 1 fully saturated rings. The van der Waals surface area contributed by atoms with Gasteiger partial charge in [-0.2, -0.15) is 0 Å². The van der Waals surface area contributed by atoms with Crippen LogP contribution in [0.4, 0.5) is 17.6 Å². The van der Waals surface area contributed by atoms with E-state index < -0.39 is 24.9 Å². The molecule has 0 saturated carbocycles. The molecular weight excluding hydrogens is 356 g/mol. The van der Waals surface area contributed by atoms with Crippen molar-refractivity contribution in [2.24, 2.45) is 0 Å². The highest BCUT2D eigenvalue weighted by Crippen LogP contribution is 2.45. The van der Waals surface area contributed by atoms with Gasteiger partial charge in [0.2, 0.25) is 0 Å². The smallest absolute Gasteiger partial charge is 0.395 e. The van der Waals surface area contributed by atoms with Crippen LogP contribution >= 0.6 is 12.4 Å². The zero-order valence-electron chi connectivity index (χ0n) is 12.5. The maximum atomic E-state index is 14.3. The number of aliphatic hydroxyl groups excluding tert-OH is 1. The van der Waals surface area contributed by atoms with Crippen LogP contribution in [0.25, 0.3) is 0 Å². The Morgan fingerprint density at radius 1 is 1.21 bits per heavy atom. The van der Waals surface area contributed by atoms with E-state index in [2.05, 4.69) is 14.8 Å². The number of alkyl halides is 4. The van der Waals surface area contributed by atoms with Crippen LogP contribution in [0.2, 0.25) is 0 Å². The standard InChI is InChI=1S/C14H16F4N2O3.ClH/c15-13(16,8-21)12(20-5-3-19-4-6-20)9-1-2-10-11(7-9)23-14(17,18)22-10;/h1-2,7,12,19,21H,3-6,8H2;1H/t12-;/m0./s1. The molecule has 0 aromatic heterocycles. The normalized spacial score (nSPS) is 21.2. The second-order valence-electron chi connectivity index (χ2n) is 5.48. The molecule has 3 rings (SSSR count). The van der Waals surface area contributed by atoms with Crippen LogP contribution in [0, 0.1) is 0 Å². The summed E-state index contributed by atoms with van der Waals surface area (Å²) in [7, 11) is 0. The first kappa shape index (κ1) is 19.0. The predicted molar refractivity (Wildman–Crippen MR) is 79.1 cm³/mol. The van der Waals surface area contributed by atoms with E-state index in [4.69, 9.17) is 5.11 Å². The lowest BCUT2D eigenvalue weighted by Crippen LogP contribution is -2.51. The van der Waals surface area contributed by atoms with Crippen LogP contribution in [0.1, 0.15) is 11.6 Å². The summed E-state index contributed by atoms with van der Waals surface area (Å²) in [6.07, 6.45) is -3.80. The molecule has 2 N–H and O–H groups in total. The molecule has 1 aromatic carbocycles. The number of rotatable bonds is 4. The van der Waals surface area contributed by atoms with Gasteiger partial charge in [-0.15, -0.1) is 21.2 Å². The first-order valence-corrected chi connectivity index (χ1v) is 7.16. The van der Waals surface area contributed by atoms with Gasteiger partial charge in [-0.1, -0.05) is 6.07 Å². The molecule has 0 radical (unpaired) electrons. The number of fused-ring (bicyclic) bond motifs is 1. The minimum absolute atomic E-state index is 0. The Labute approximate surface area is 141 Å². The fourth-order valence-corrected chi connectivity index (χ4v) is 2.88. The topological polar surface area (TPSA) is 54.0 Å².